The molecule has 0 heterocycles. The summed E-state index contributed by atoms with van der Waals surface area (Å²) in [4.78, 5) is 12.0. The van der Waals surface area contributed by atoms with Crippen molar-refractivity contribution in [2.24, 2.45) is 11.8 Å². The summed E-state index contributed by atoms with van der Waals surface area (Å²) in [7, 11) is 0. The summed E-state index contributed by atoms with van der Waals surface area (Å²) in [6.07, 6.45) is 8.45. The Morgan fingerprint density at radius 3 is 2.50 bits per heavy atom. The molecule has 0 spiro atoms. The molecule has 2 heteroatoms. The van der Waals surface area contributed by atoms with Gasteiger partial charge < -0.3 is 0 Å². The summed E-state index contributed by atoms with van der Waals surface area (Å²) >= 11 is 2.07. The summed E-state index contributed by atoms with van der Waals surface area (Å²) in [5.74, 6) is 3.07. The molecule has 1 unspecified atom stereocenters. The van der Waals surface area contributed by atoms with Crippen LogP contribution in [0.3, 0.4) is 0 Å². The van der Waals surface area contributed by atoms with Crippen LogP contribution in [0.25, 0.3) is 0 Å². The van der Waals surface area contributed by atoms with Crippen LogP contribution in [0.15, 0.2) is 0 Å². The molecular weight excluding hydrogens is 216 g/mol. The van der Waals surface area contributed by atoms with Gasteiger partial charge in [0.1, 0.15) is 5.78 Å². The van der Waals surface area contributed by atoms with E-state index in [4.69, 9.17) is 0 Å². The maximum atomic E-state index is 12.0. The number of thioether (sulfide) groups is 1. The molecule has 92 valence electrons. The van der Waals surface area contributed by atoms with Crippen LogP contribution in [0.1, 0.15) is 58.8 Å². The fraction of sp³-hybridized carbons (Fsp3) is 0.929. The lowest BCUT2D eigenvalue weighted by molar-refractivity contribution is -0.120. The first-order valence-electron chi connectivity index (χ1n) is 6.82. The number of unbranched alkanes of at least 4 members (excludes halogenated alkanes) is 1. The van der Waals surface area contributed by atoms with E-state index in [1.54, 1.807) is 0 Å². The zero-order valence-electron chi connectivity index (χ0n) is 10.6. The van der Waals surface area contributed by atoms with Gasteiger partial charge in [-0.05, 0) is 50.7 Å². The molecule has 2 aliphatic carbocycles. The average molecular weight is 240 g/mol. The number of ketones is 1. The van der Waals surface area contributed by atoms with Gasteiger partial charge in [0, 0.05) is 17.1 Å². The molecule has 0 amide bonds. The Labute approximate surface area is 104 Å². The van der Waals surface area contributed by atoms with Crippen LogP contribution in [-0.2, 0) is 4.79 Å². The highest BCUT2D eigenvalue weighted by Crippen LogP contribution is 2.51. The third kappa shape index (κ3) is 3.26. The minimum absolute atomic E-state index is 0.273. The smallest absolute Gasteiger partial charge is 0.137 e. The molecule has 0 saturated heterocycles. The van der Waals surface area contributed by atoms with Gasteiger partial charge in [0.05, 0.1) is 0 Å². The van der Waals surface area contributed by atoms with E-state index in [0.717, 1.165) is 12.3 Å². The van der Waals surface area contributed by atoms with Gasteiger partial charge in [0.25, 0.3) is 0 Å². The van der Waals surface area contributed by atoms with Gasteiger partial charge in [0.15, 0.2) is 0 Å². The van der Waals surface area contributed by atoms with Crippen molar-refractivity contribution in [3.63, 3.8) is 0 Å². The van der Waals surface area contributed by atoms with E-state index in [2.05, 4.69) is 25.6 Å². The number of hydrogen-bond acceptors (Lipinski definition) is 2. The first-order valence-corrected chi connectivity index (χ1v) is 7.81. The molecule has 2 aliphatic rings. The van der Waals surface area contributed by atoms with Gasteiger partial charge >= 0.3 is 0 Å². The lowest BCUT2D eigenvalue weighted by Gasteiger charge is -2.28. The number of Topliss-reactive ketones (excluding diaryl/α,β-unsaturated/α-hetero) is 1. The van der Waals surface area contributed by atoms with Crippen LogP contribution < -0.4 is 0 Å². The summed E-state index contributed by atoms with van der Waals surface area (Å²) in [5.41, 5.74) is 0. The van der Waals surface area contributed by atoms with E-state index in [1.165, 1.54) is 44.3 Å². The standard InChI is InChI=1S/C14H24OS/c1-3-4-9-16-14(2,12-7-8-12)10-13(15)11-5-6-11/h11-12H,3-10H2,1-2H3. The normalized spacial score (nSPS) is 24.1. The predicted molar refractivity (Wildman–Crippen MR) is 70.8 cm³/mol. The molecule has 0 N–H and O–H groups in total. The number of carbonyl (C=O) groups excluding carboxylic acids is 1. The lowest BCUT2D eigenvalue weighted by atomic mass is 9.96. The van der Waals surface area contributed by atoms with E-state index in [9.17, 15) is 4.79 Å². The molecule has 0 bridgehead atoms. The van der Waals surface area contributed by atoms with Crippen molar-refractivity contribution >= 4 is 17.5 Å². The molecule has 0 aromatic rings. The topological polar surface area (TPSA) is 17.1 Å². The van der Waals surface area contributed by atoms with E-state index in [-0.39, 0.29) is 4.75 Å². The highest BCUT2D eigenvalue weighted by molar-refractivity contribution is 8.00. The molecule has 0 aliphatic heterocycles. The largest absolute Gasteiger partial charge is 0.299 e. The lowest BCUT2D eigenvalue weighted by Crippen LogP contribution is -2.28. The van der Waals surface area contributed by atoms with Gasteiger partial charge in [-0.1, -0.05) is 13.3 Å². The zero-order chi connectivity index (χ0) is 11.6. The van der Waals surface area contributed by atoms with Crippen LogP contribution in [-0.4, -0.2) is 16.3 Å². The van der Waals surface area contributed by atoms with Gasteiger partial charge in [-0.25, -0.2) is 0 Å². The highest BCUT2D eigenvalue weighted by atomic mass is 32.2. The second-order valence-corrected chi connectivity index (χ2v) is 7.34. The van der Waals surface area contributed by atoms with Crippen LogP contribution in [0.2, 0.25) is 0 Å². The van der Waals surface area contributed by atoms with Crippen molar-refractivity contribution in [3.05, 3.63) is 0 Å². The number of hydrogen-bond donors (Lipinski definition) is 0. The summed E-state index contributed by atoms with van der Waals surface area (Å²) in [6.45, 7) is 4.58. The van der Waals surface area contributed by atoms with Crippen LogP contribution in [0.4, 0.5) is 0 Å². The van der Waals surface area contributed by atoms with E-state index in [0.29, 0.717) is 11.7 Å². The van der Waals surface area contributed by atoms with Gasteiger partial charge in [-0.2, -0.15) is 11.8 Å². The molecule has 0 radical (unpaired) electrons. The highest BCUT2D eigenvalue weighted by Gasteiger charge is 2.45. The molecule has 1 nitrogen and oxygen atoms in total. The Balaban J connectivity index is 1.83. The van der Waals surface area contributed by atoms with Gasteiger partial charge in [-0.3, -0.25) is 4.79 Å². The van der Waals surface area contributed by atoms with E-state index in [1.807, 2.05) is 0 Å². The van der Waals surface area contributed by atoms with Gasteiger partial charge in [-0.15, -0.1) is 0 Å². The zero-order valence-corrected chi connectivity index (χ0v) is 11.4. The van der Waals surface area contributed by atoms with Crippen LogP contribution in [0, 0.1) is 11.8 Å². The minimum Gasteiger partial charge on any atom is -0.299 e. The predicted octanol–water partition coefficient (Wildman–Crippen LogP) is 4.06. The monoisotopic (exact) mass is 240 g/mol. The summed E-state index contributed by atoms with van der Waals surface area (Å²) < 4.78 is 0.273. The Morgan fingerprint density at radius 2 is 2.00 bits per heavy atom. The minimum atomic E-state index is 0.273. The Kier molecular flexibility index (Phi) is 3.99. The van der Waals surface area contributed by atoms with E-state index < -0.39 is 0 Å². The van der Waals surface area contributed by atoms with E-state index >= 15 is 0 Å². The maximum Gasteiger partial charge on any atom is 0.137 e. The third-order valence-electron chi connectivity index (χ3n) is 3.93. The fourth-order valence-corrected chi connectivity index (χ4v) is 3.97. The molecule has 0 aromatic heterocycles. The molecular formula is C14H24OS. The maximum absolute atomic E-state index is 12.0. The van der Waals surface area contributed by atoms with Gasteiger partial charge in [0.2, 0.25) is 0 Å². The number of carbonyl (C=O) groups is 1. The third-order valence-corrected chi connectivity index (χ3v) is 5.56. The second-order valence-electron chi connectivity index (χ2n) is 5.71. The SMILES string of the molecule is CCCCSC(C)(CC(=O)C1CC1)C1CC1. The molecule has 16 heavy (non-hydrogen) atoms. The number of rotatable bonds is 8. The summed E-state index contributed by atoms with van der Waals surface area (Å²) in [6, 6.07) is 0. The Bertz CT molecular complexity index is 255. The first kappa shape index (κ1) is 12.5. The Morgan fingerprint density at radius 1 is 1.31 bits per heavy atom. The van der Waals surface area contributed by atoms with Crippen molar-refractivity contribution in [2.45, 2.75) is 63.5 Å². The molecule has 2 fully saturated rings. The summed E-state index contributed by atoms with van der Waals surface area (Å²) in [5, 5.41) is 0. The van der Waals surface area contributed by atoms with Crippen LogP contribution >= 0.6 is 11.8 Å². The molecule has 2 rings (SSSR count). The average Bonchev–Trinajstić information content (AvgIpc) is 3.07. The first-order chi connectivity index (χ1) is 7.65. The molecule has 2 saturated carbocycles. The quantitative estimate of drug-likeness (QED) is 0.595. The van der Waals surface area contributed by atoms with Crippen molar-refractivity contribution in [1.29, 1.82) is 0 Å². The second kappa shape index (κ2) is 5.12. The van der Waals surface area contributed by atoms with Crippen molar-refractivity contribution in [1.82, 2.24) is 0 Å². The van der Waals surface area contributed by atoms with Crippen molar-refractivity contribution in [3.8, 4) is 0 Å². The fourth-order valence-electron chi connectivity index (χ4n) is 2.35. The van der Waals surface area contributed by atoms with Crippen molar-refractivity contribution < 1.29 is 4.79 Å². The van der Waals surface area contributed by atoms with Crippen molar-refractivity contribution in [2.75, 3.05) is 5.75 Å². The molecule has 0 aromatic carbocycles. The van der Waals surface area contributed by atoms with Crippen LogP contribution in [0.5, 0.6) is 0 Å². The Hall–Kier alpha value is 0.0200. The molecule has 1 atom stereocenters.